The average Bonchev–Trinajstić information content (AvgIpc) is 2.41. The van der Waals surface area contributed by atoms with Gasteiger partial charge in [-0.05, 0) is 38.1 Å². The fraction of sp³-hybridized carbons (Fsp3) is 0.267. The van der Waals surface area contributed by atoms with E-state index in [2.05, 4.69) is 5.10 Å². The lowest BCUT2D eigenvalue weighted by atomic mass is 10.1. The largest absolute Gasteiger partial charge is 0.491 e. The molecule has 2 rings (SSSR count). The summed E-state index contributed by atoms with van der Waals surface area (Å²) in [6.45, 7) is 3.91. The molecule has 102 valence electrons. The molecule has 0 fully saturated rings. The lowest BCUT2D eigenvalue weighted by Crippen LogP contribution is -2.20. The summed E-state index contributed by atoms with van der Waals surface area (Å²) in [5.41, 5.74) is 1.23. The van der Waals surface area contributed by atoms with Crippen molar-refractivity contribution in [2.45, 2.75) is 20.0 Å². The van der Waals surface area contributed by atoms with Crippen LogP contribution in [0.3, 0.4) is 0 Å². The van der Waals surface area contributed by atoms with Crippen LogP contribution in [0.25, 0.3) is 11.3 Å². The average molecular weight is 269 g/mol. The minimum absolute atomic E-state index is 0.103. The molecule has 5 heteroatoms. The highest BCUT2D eigenvalue weighted by Crippen LogP contribution is 2.23. The Labute approximate surface area is 117 Å². The van der Waals surface area contributed by atoms with Gasteiger partial charge in [0.15, 0.2) is 0 Å². The van der Waals surface area contributed by atoms with Crippen LogP contribution in [0.1, 0.15) is 19.4 Å². The summed E-state index contributed by atoms with van der Waals surface area (Å²) in [6.07, 6.45) is 0.103. The Hall–Kier alpha value is -2.61. The van der Waals surface area contributed by atoms with E-state index in [0.717, 1.165) is 11.3 Å². The molecule has 0 aliphatic carbocycles. The molecule has 0 unspecified atom stereocenters. The fourth-order valence-corrected chi connectivity index (χ4v) is 1.80. The highest BCUT2D eigenvalue weighted by molar-refractivity contribution is 5.66. The first-order valence-corrected chi connectivity index (χ1v) is 6.27. The van der Waals surface area contributed by atoms with Gasteiger partial charge in [0.25, 0.3) is 5.56 Å². The Balaban J connectivity index is 2.44. The summed E-state index contributed by atoms with van der Waals surface area (Å²) in [6, 6.07) is 10.6. The number of aromatic nitrogens is 2. The summed E-state index contributed by atoms with van der Waals surface area (Å²) in [5.74, 6) is 0.757. The van der Waals surface area contributed by atoms with Gasteiger partial charge in [0.2, 0.25) is 0 Å². The number of ether oxygens (including phenoxy) is 1. The molecule has 0 spiro atoms. The first kappa shape index (κ1) is 13.8. The lowest BCUT2D eigenvalue weighted by molar-refractivity contribution is 0.242. The van der Waals surface area contributed by atoms with E-state index < -0.39 is 0 Å². The van der Waals surface area contributed by atoms with Gasteiger partial charge < -0.3 is 4.74 Å². The Kier molecular flexibility index (Phi) is 3.85. The van der Waals surface area contributed by atoms with Gasteiger partial charge in [-0.25, -0.2) is 4.68 Å². The molecule has 0 aliphatic heterocycles. The van der Waals surface area contributed by atoms with E-state index in [1.165, 1.54) is 10.7 Å². The summed E-state index contributed by atoms with van der Waals surface area (Å²) in [5, 5.41) is 13.3. The van der Waals surface area contributed by atoms with Crippen LogP contribution in [0.5, 0.6) is 5.75 Å². The smallest absolute Gasteiger partial charge is 0.267 e. The molecule has 20 heavy (non-hydrogen) atoms. The number of hydrogen-bond donors (Lipinski definition) is 0. The molecular formula is C15H15N3O2. The van der Waals surface area contributed by atoms with E-state index in [4.69, 9.17) is 10.00 Å². The molecule has 1 aromatic heterocycles. The van der Waals surface area contributed by atoms with Gasteiger partial charge in [-0.2, -0.15) is 10.4 Å². The molecule has 1 heterocycles. The monoisotopic (exact) mass is 269 g/mol. The summed E-state index contributed by atoms with van der Waals surface area (Å²) < 4.78 is 6.78. The molecule has 0 bridgehead atoms. The maximum atomic E-state index is 11.5. The van der Waals surface area contributed by atoms with Crippen LogP contribution in [0, 0.1) is 11.3 Å². The first-order chi connectivity index (χ1) is 9.51. The van der Waals surface area contributed by atoms with Gasteiger partial charge in [0, 0.05) is 18.7 Å². The second-order valence-corrected chi connectivity index (χ2v) is 4.67. The number of benzene rings is 1. The van der Waals surface area contributed by atoms with Crippen molar-refractivity contribution >= 4 is 0 Å². The number of nitrogens with zero attached hydrogens (tertiary/aromatic N) is 3. The quantitative estimate of drug-likeness (QED) is 0.855. The topological polar surface area (TPSA) is 67.9 Å². The molecule has 2 aromatic rings. The normalized spacial score (nSPS) is 10.3. The predicted octanol–water partition coefficient (Wildman–Crippen LogP) is 2.11. The van der Waals surface area contributed by atoms with Crippen LogP contribution in [0.15, 0.2) is 35.1 Å². The van der Waals surface area contributed by atoms with Crippen molar-refractivity contribution in [3.8, 4) is 23.1 Å². The third-order valence-corrected chi connectivity index (χ3v) is 2.71. The molecular weight excluding hydrogens is 254 g/mol. The molecule has 0 amide bonds. The highest BCUT2D eigenvalue weighted by atomic mass is 16.5. The molecule has 0 atom stereocenters. The SMILES string of the molecule is CC(C)Oc1ccc(-c2nn(C)c(=O)cc2C#N)cc1. The van der Waals surface area contributed by atoms with Gasteiger partial charge in [0.05, 0.1) is 11.7 Å². The van der Waals surface area contributed by atoms with Crippen LogP contribution < -0.4 is 10.3 Å². The molecule has 0 aliphatic rings. The second-order valence-electron chi connectivity index (χ2n) is 4.67. The van der Waals surface area contributed by atoms with E-state index in [1.54, 1.807) is 7.05 Å². The van der Waals surface area contributed by atoms with E-state index in [9.17, 15) is 4.79 Å². The zero-order valence-electron chi connectivity index (χ0n) is 11.6. The third kappa shape index (κ3) is 2.86. The second kappa shape index (κ2) is 5.57. The van der Waals surface area contributed by atoms with Gasteiger partial charge >= 0.3 is 0 Å². The minimum Gasteiger partial charge on any atom is -0.491 e. The molecule has 0 saturated heterocycles. The van der Waals surface area contributed by atoms with Crippen molar-refractivity contribution in [1.82, 2.24) is 9.78 Å². The first-order valence-electron chi connectivity index (χ1n) is 6.27. The van der Waals surface area contributed by atoms with Crippen molar-refractivity contribution in [1.29, 1.82) is 5.26 Å². The summed E-state index contributed by atoms with van der Waals surface area (Å²) >= 11 is 0. The maximum absolute atomic E-state index is 11.5. The van der Waals surface area contributed by atoms with E-state index in [1.807, 2.05) is 44.2 Å². The number of rotatable bonds is 3. The van der Waals surface area contributed by atoms with Crippen LogP contribution in [0.4, 0.5) is 0 Å². The fourth-order valence-electron chi connectivity index (χ4n) is 1.80. The third-order valence-electron chi connectivity index (χ3n) is 2.71. The Morgan fingerprint density at radius 2 is 1.95 bits per heavy atom. The van der Waals surface area contributed by atoms with Crippen LogP contribution in [-0.2, 0) is 7.05 Å². The summed E-state index contributed by atoms with van der Waals surface area (Å²) in [7, 11) is 1.56. The van der Waals surface area contributed by atoms with Crippen molar-refractivity contribution < 1.29 is 4.74 Å². The summed E-state index contributed by atoms with van der Waals surface area (Å²) in [4.78, 5) is 11.5. The van der Waals surface area contributed by atoms with Crippen molar-refractivity contribution in [3.05, 3.63) is 46.2 Å². The zero-order chi connectivity index (χ0) is 14.7. The molecule has 5 nitrogen and oxygen atoms in total. The van der Waals surface area contributed by atoms with Crippen molar-refractivity contribution in [3.63, 3.8) is 0 Å². The van der Waals surface area contributed by atoms with E-state index >= 15 is 0 Å². The van der Waals surface area contributed by atoms with Gasteiger partial charge in [0.1, 0.15) is 17.5 Å². The van der Waals surface area contributed by atoms with Crippen molar-refractivity contribution in [2.24, 2.45) is 7.05 Å². The van der Waals surface area contributed by atoms with E-state index in [0.29, 0.717) is 5.69 Å². The molecule has 0 N–H and O–H groups in total. The van der Waals surface area contributed by atoms with Crippen LogP contribution >= 0.6 is 0 Å². The van der Waals surface area contributed by atoms with Crippen LogP contribution in [-0.4, -0.2) is 15.9 Å². The number of nitriles is 1. The minimum atomic E-state index is -0.301. The maximum Gasteiger partial charge on any atom is 0.267 e. The number of hydrogen-bond acceptors (Lipinski definition) is 4. The standard InChI is InChI=1S/C15H15N3O2/c1-10(2)20-13-6-4-11(5-7-13)15-12(9-16)8-14(19)18(3)17-15/h4-8,10H,1-3H3. The van der Waals surface area contributed by atoms with Gasteiger partial charge in [-0.1, -0.05) is 0 Å². The zero-order valence-corrected chi connectivity index (χ0v) is 11.6. The Bertz CT molecular complexity index is 709. The van der Waals surface area contributed by atoms with Gasteiger partial charge in [-0.15, -0.1) is 0 Å². The predicted molar refractivity (Wildman–Crippen MR) is 75.4 cm³/mol. The number of aryl methyl sites for hydroxylation is 1. The van der Waals surface area contributed by atoms with Crippen molar-refractivity contribution in [2.75, 3.05) is 0 Å². The molecule has 0 radical (unpaired) electrons. The molecule has 1 aromatic carbocycles. The Morgan fingerprint density at radius 3 is 2.50 bits per heavy atom. The molecule has 0 saturated carbocycles. The van der Waals surface area contributed by atoms with Gasteiger partial charge in [-0.3, -0.25) is 4.79 Å². The highest BCUT2D eigenvalue weighted by Gasteiger charge is 2.10. The Morgan fingerprint density at radius 1 is 1.30 bits per heavy atom. The van der Waals surface area contributed by atoms with E-state index in [-0.39, 0.29) is 17.2 Å². The lowest BCUT2D eigenvalue weighted by Gasteiger charge is -2.10. The van der Waals surface area contributed by atoms with Crippen LogP contribution in [0.2, 0.25) is 0 Å².